The number of fused-ring (bicyclic) bond motifs is 1. The van der Waals surface area contributed by atoms with Gasteiger partial charge in [0, 0.05) is 15.7 Å². The summed E-state index contributed by atoms with van der Waals surface area (Å²) in [6.07, 6.45) is 0. The number of hydrogen-bond acceptors (Lipinski definition) is 5. The van der Waals surface area contributed by atoms with Gasteiger partial charge in [0.15, 0.2) is 0 Å². The Labute approximate surface area is 174 Å². The molecule has 1 aromatic heterocycles. The van der Waals surface area contributed by atoms with Gasteiger partial charge in [0.05, 0.1) is 5.75 Å². The van der Waals surface area contributed by atoms with Gasteiger partial charge in [-0.1, -0.05) is 58.0 Å². The van der Waals surface area contributed by atoms with E-state index in [0.29, 0.717) is 11.1 Å². The summed E-state index contributed by atoms with van der Waals surface area (Å²) in [5.41, 5.74) is 2.67. The zero-order valence-corrected chi connectivity index (χ0v) is 17.4. The van der Waals surface area contributed by atoms with Crippen molar-refractivity contribution in [2.75, 3.05) is 11.1 Å². The second kappa shape index (κ2) is 8.16. The highest BCUT2D eigenvalue weighted by Crippen LogP contribution is 2.26. The molecular formula is C21H16BrN3O2S. The molecule has 3 aromatic carbocycles. The number of aryl methyl sites for hydroxylation is 1. The number of nitrogens with one attached hydrogen (secondary N) is 1. The van der Waals surface area contributed by atoms with E-state index in [1.807, 2.05) is 61.5 Å². The van der Waals surface area contributed by atoms with E-state index in [0.717, 1.165) is 32.1 Å². The van der Waals surface area contributed by atoms with E-state index in [-0.39, 0.29) is 11.7 Å². The summed E-state index contributed by atoms with van der Waals surface area (Å²) in [4.78, 5) is 12.2. The molecule has 0 aliphatic heterocycles. The first-order valence-electron chi connectivity index (χ1n) is 8.60. The van der Waals surface area contributed by atoms with Gasteiger partial charge in [-0.25, -0.2) is 0 Å². The van der Waals surface area contributed by atoms with Crippen molar-refractivity contribution < 1.29 is 9.21 Å². The number of carbonyl (C=O) groups is 1. The molecule has 0 aliphatic rings. The molecule has 0 radical (unpaired) electrons. The zero-order valence-electron chi connectivity index (χ0n) is 15.0. The molecule has 140 valence electrons. The third-order valence-electron chi connectivity index (χ3n) is 4.17. The number of hydrogen-bond donors (Lipinski definition) is 1. The topological polar surface area (TPSA) is 68.0 Å². The van der Waals surface area contributed by atoms with Crippen LogP contribution in [-0.2, 0) is 4.79 Å². The number of benzene rings is 3. The van der Waals surface area contributed by atoms with E-state index in [1.54, 1.807) is 0 Å². The van der Waals surface area contributed by atoms with Crippen LogP contribution in [0.15, 0.2) is 74.8 Å². The number of aromatic nitrogens is 2. The number of halogens is 1. The Kier molecular flexibility index (Phi) is 5.45. The molecule has 0 unspecified atom stereocenters. The second-order valence-electron chi connectivity index (χ2n) is 6.24. The van der Waals surface area contributed by atoms with E-state index in [4.69, 9.17) is 4.42 Å². The summed E-state index contributed by atoms with van der Waals surface area (Å²) in [5, 5.41) is 13.6. The van der Waals surface area contributed by atoms with Crippen LogP contribution in [0.25, 0.3) is 22.2 Å². The summed E-state index contributed by atoms with van der Waals surface area (Å²) in [7, 11) is 0. The highest BCUT2D eigenvalue weighted by molar-refractivity contribution is 9.10. The van der Waals surface area contributed by atoms with Gasteiger partial charge in [-0.05, 0) is 53.6 Å². The molecular weight excluding hydrogens is 438 g/mol. The van der Waals surface area contributed by atoms with Crippen molar-refractivity contribution in [2.45, 2.75) is 12.1 Å². The summed E-state index contributed by atoms with van der Waals surface area (Å²) < 4.78 is 6.72. The van der Waals surface area contributed by atoms with Gasteiger partial charge < -0.3 is 9.73 Å². The van der Waals surface area contributed by atoms with Crippen LogP contribution in [0, 0.1) is 6.92 Å². The third kappa shape index (κ3) is 4.26. The first kappa shape index (κ1) is 18.7. The summed E-state index contributed by atoms with van der Waals surface area (Å²) >= 11 is 4.66. The van der Waals surface area contributed by atoms with Gasteiger partial charge in [-0.15, -0.1) is 10.2 Å². The van der Waals surface area contributed by atoms with Crippen LogP contribution in [0.2, 0.25) is 0 Å². The Balaban J connectivity index is 1.40. The smallest absolute Gasteiger partial charge is 0.277 e. The number of amides is 1. The van der Waals surface area contributed by atoms with Gasteiger partial charge in [0.25, 0.3) is 5.22 Å². The SMILES string of the molecule is Cc1cc(NC(=O)CSc2nnc(-c3ccc4ccccc4c3)o2)ccc1Br. The molecule has 0 spiro atoms. The maximum Gasteiger partial charge on any atom is 0.277 e. The predicted octanol–water partition coefficient (Wildman–Crippen LogP) is 5.69. The molecule has 0 atom stereocenters. The molecule has 0 saturated carbocycles. The minimum Gasteiger partial charge on any atom is -0.411 e. The van der Waals surface area contributed by atoms with Crippen molar-refractivity contribution in [3.63, 3.8) is 0 Å². The standard InChI is InChI=1S/C21H16BrN3O2S/c1-13-10-17(8-9-18(13)22)23-19(26)12-28-21-25-24-20(27-21)16-7-6-14-4-2-3-5-15(14)11-16/h2-11H,12H2,1H3,(H,23,26). The molecule has 28 heavy (non-hydrogen) atoms. The number of rotatable bonds is 5. The summed E-state index contributed by atoms with van der Waals surface area (Å²) in [5.74, 6) is 0.503. The lowest BCUT2D eigenvalue weighted by Gasteiger charge is -2.06. The minimum atomic E-state index is -0.128. The van der Waals surface area contributed by atoms with E-state index in [9.17, 15) is 4.79 Å². The fraction of sp³-hybridized carbons (Fsp3) is 0.0952. The Morgan fingerprint density at radius 1 is 1.07 bits per heavy atom. The second-order valence-corrected chi connectivity index (χ2v) is 8.02. The Morgan fingerprint density at radius 3 is 2.71 bits per heavy atom. The van der Waals surface area contributed by atoms with Crippen molar-refractivity contribution in [1.29, 1.82) is 0 Å². The molecule has 4 rings (SSSR count). The fourth-order valence-corrected chi connectivity index (χ4v) is 3.56. The highest BCUT2D eigenvalue weighted by Gasteiger charge is 2.12. The van der Waals surface area contributed by atoms with Gasteiger partial charge in [0.2, 0.25) is 11.8 Å². The first-order valence-corrected chi connectivity index (χ1v) is 10.4. The lowest BCUT2D eigenvalue weighted by Crippen LogP contribution is -2.14. The number of carbonyl (C=O) groups excluding carboxylic acids is 1. The molecule has 7 heteroatoms. The maximum atomic E-state index is 12.2. The lowest BCUT2D eigenvalue weighted by atomic mass is 10.1. The Hall–Kier alpha value is -2.64. The van der Waals surface area contributed by atoms with Crippen molar-refractivity contribution in [2.24, 2.45) is 0 Å². The van der Waals surface area contributed by atoms with Crippen molar-refractivity contribution in [3.8, 4) is 11.5 Å². The van der Waals surface area contributed by atoms with Crippen LogP contribution in [0.4, 0.5) is 5.69 Å². The van der Waals surface area contributed by atoms with E-state index in [1.165, 1.54) is 11.8 Å². The molecule has 1 N–H and O–H groups in total. The van der Waals surface area contributed by atoms with Gasteiger partial charge >= 0.3 is 0 Å². The third-order valence-corrected chi connectivity index (χ3v) is 5.88. The number of anilines is 1. The molecule has 1 heterocycles. The first-order chi connectivity index (χ1) is 13.6. The molecule has 1 amide bonds. The predicted molar refractivity (Wildman–Crippen MR) is 115 cm³/mol. The number of nitrogens with zero attached hydrogens (tertiary/aromatic N) is 2. The van der Waals surface area contributed by atoms with Crippen LogP contribution in [0.3, 0.4) is 0 Å². The van der Waals surface area contributed by atoms with Gasteiger partial charge in [-0.3, -0.25) is 4.79 Å². The van der Waals surface area contributed by atoms with Crippen molar-refractivity contribution in [3.05, 3.63) is 70.7 Å². The van der Waals surface area contributed by atoms with Crippen LogP contribution in [0.5, 0.6) is 0 Å². The molecule has 0 bridgehead atoms. The normalized spacial score (nSPS) is 10.9. The zero-order chi connectivity index (χ0) is 19.5. The largest absolute Gasteiger partial charge is 0.411 e. The van der Waals surface area contributed by atoms with Crippen LogP contribution >= 0.6 is 27.7 Å². The van der Waals surface area contributed by atoms with Crippen molar-refractivity contribution >= 4 is 50.1 Å². The molecule has 0 fully saturated rings. The number of thioether (sulfide) groups is 1. The van der Waals surface area contributed by atoms with E-state index < -0.39 is 0 Å². The van der Waals surface area contributed by atoms with E-state index >= 15 is 0 Å². The van der Waals surface area contributed by atoms with Gasteiger partial charge in [-0.2, -0.15) is 0 Å². The fourth-order valence-electron chi connectivity index (χ4n) is 2.75. The maximum absolute atomic E-state index is 12.2. The quantitative estimate of drug-likeness (QED) is 0.393. The molecule has 5 nitrogen and oxygen atoms in total. The Morgan fingerprint density at radius 2 is 1.89 bits per heavy atom. The van der Waals surface area contributed by atoms with Gasteiger partial charge in [0.1, 0.15) is 0 Å². The van der Waals surface area contributed by atoms with Crippen molar-refractivity contribution in [1.82, 2.24) is 10.2 Å². The lowest BCUT2D eigenvalue weighted by molar-refractivity contribution is -0.113. The average Bonchev–Trinajstić information content (AvgIpc) is 3.18. The Bertz CT molecular complexity index is 1160. The average molecular weight is 454 g/mol. The monoisotopic (exact) mass is 453 g/mol. The van der Waals surface area contributed by atoms with E-state index in [2.05, 4.69) is 37.5 Å². The minimum absolute atomic E-state index is 0.128. The molecule has 0 saturated heterocycles. The van der Waals surface area contributed by atoms with Crippen LogP contribution in [0.1, 0.15) is 5.56 Å². The summed E-state index contributed by atoms with van der Waals surface area (Å²) in [6.45, 7) is 1.97. The highest BCUT2D eigenvalue weighted by atomic mass is 79.9. The van der Waals surface area contributed by atoms with Crippen LogP contribution < -0.4 is 5.32 Å². The molecule has 0 aliphatic carbocycles. The molecule has 4 aromatic rings. The summed E-state index contributed by atoms with van der Waals surface area (Å²) in [6, 6.07) is 19.8. The van der Waals surface area contributed by atoms with Crippen LogP contribution in [-0.4, -0.2) is 21.9 Å².